The van der Waals surface area contributed by atoms with Gasteiger partial charge in [0, 0.05) is 27.6 Å². The summed E-state index contributed by atoms with van der Waals surface area (Å²) >= 11 is 11.9. The molecule has 1 aliphatic heterocycles. The normalized spacial score (nSPS) is 21.0. The molecule has 0 aromatic heterocycles. The number of oxime groups is 1. The molecule has 1 atom stereocenters. The Morgan fingerprint density at radius 1 is 1.07 bits per heavy atom. The molecule has 1 unspecified atom stereocenters. The lowest BCUT2D eigenvalue weighted by Crippen LogP contribution is -2.42. The fourth-order valence-electron chi connectivity index (χ4n) is 4.17. The van der Waals surface area contributed by atoms with Gasteiger partial charge in [0.05, 0.1) is 11.3 Å². The van der Waals surface area contributed by atoms with Crippen molar-refractivity contribution < 1.29 is 27.9 Å². The van der Waals surface area contributed by atoms with E-state index in [4.69, 9.17) is 28.0 Å². The molecule has 0 saturated heterocycles. The Kier molecular flexibility index (Phi) is 5.22. The molecule has 2 aromatic rings. The Labute approximate surface area is 180 Å². The van der Waals surface area contributed by atoms with Gasteiger partial charge < -0.3 is 9.94 Å². The van der Waals surface area contributed by atoms with Gasteiger partial charge >= 0.3 is 12.1 Å². The molecule has 9 heteroatoms. The maximum Gasteiger partial charge on any atom is 0.435 e. The summed E-state index contributed by atoms with van der Waals surface area (Å²) in [7, 11) is 0. The van der Waals surface area contributed by atoms with E-state index in [9.17, 15) is 23.1 Å². The first-order valence-electron chi connectivity index (χ1n) is 9.29. The smallest absolute Gasteiger partial charge is 0.435 e. The number of halogens is 5. The number of rotatable bonds is 3. The summed E-state index contributed by atoms with van der Waals surface area (Å²) in [5.41, 5.74) is -0.773. The fourth-order valence-corrected chi connectivity index (χ4v) is 4.70. The van der Waals surface area contributed by atoms with E-state index in [1.54, 1.807) is 0 Å². The molecule has 0 radical (unpaired) electrons. The minimum Gasteiger partial charge on any atom is -0.478 e. The van der Waals surface area contributed by atoms with E-state index in [0.717, 1.165) is 18.4 Å². The topological polar surface area (TPSA) is 58.9 Å². The number of carbonyl (C=O) groups is 1. The Bertz CT molecular complexity index is 1050. The fraction of sp³-hybridized carbons (Fsp3) is 0.333. The van der Waals surface area contributed by atoms with E-state index in [1.165, 1.54) is 30.3 Å². The molecule has 0 saturated carbocycles. The highest BCUT2D eigenvalue weighted by atomic mass is 35.5. The standard InChI is InChI=1S/C21H16Cl2F3NO3/c22-12-7-11(8-13(23)9-12)20(21(24,25)26)10-18(27-30-20)16-5-6-17(19(28)29)15-4-2-1-3-14(15)16/h5-9H,1-4,10H2,(H,28,29). The van der Waals surface area contributed by atoms with Crippen molar-refractivity contribution in [3.8, 4) is 0 Å². The molecule has 4 nitrogen and oxygen atoms in total. The lowest BCUT2D eigenvalue weighted by molar-refractivity contribution is -0.275. The van der Waals surface area contributed by atoms with Crippen LogP contribution in [0.4, 0.5) is 13.2 Å². The summed E-state index contributed by atoms with van der Waals surface area (Å²) in [6, 6.07) is 6.63. The van der Waals surface area contributed by atoms with Crippen LogP contribution >= 0.6 is 23.2 Å². The summed E-state index contributed by atoms with van der Waals surface area (Å²) in [6.45, 7) is 0. The Hall–Kier alpha value is -2.25. The van der Waals surface area contributed by atoms with Gasteiger partial charge in [-0.15, -0.1) is 0 Å². The maximum absolute atomic E-state index is 14.2. The SMILES string of the molecule is O=C(O)c1ccc(C2=NOC(c3cc(Cl)cc(Cl)c3)(C(F)(F)F)C2)c2c1CCCC2. The summed E-state index contributed by atoms with van der Waals surface area (Å²) in [5, 5.41) is 13.4. The highest BCUT2D eigenvalue weighted by molar-refractivity contribution is 6.34. The first-order chi connectivity index (χ1) is 14.1. The second-order valence-electron chi connectivity index (χ2n) is 7.42. The zero-order valence-corrected chi connectivity index (χ0v) is 17.0. The summed E-state index contributed by atoms with van der Waals surface area (Å²) in [6.07, 6.45) is -2.56. The predicted octanol–water partition coefficient (Wildman–Crippen LogP) is 6.15. The van der Waals surface area contributed by atoms with E-state index in [1.807, 2.05) is 0 Å². The van der Waals surface area contributed by atoms with Crippen molar-refractivity contribution in [2.75, 3.05) is 0 Å². The van der Waals surface area contributed by atoms with E-state index in [0.29, 0.717) is 24.0 Å². The summed E-state index contributed by atoms with van der Waals surface area (Å²) < 4.78 is 42.6. The Morgan fingerprint density at radius 2 is 1.70 bits per heavy atom. The van der Waals surface area contributed by atoms with Gasteiger partial charge in [-0.05, 0) is 61.1 Å². The van der Waals surface area contributed by atoms with Crippen molar-refractivity contribution in [2.45, 2.75) is 43.9 Å². The average molecular weight is 458 g/mol. The zero-order chi connectivity index (χ0) is 21.7. The lowest BCUT2D eigenvalue weighted by Gasteiger charge is -2.30. The van der Waals surface area contributed by atoms with Gasteiger partial charge in [-0.1, -0.05) is 34.4 Å². The molecule has 0 bridgehead atoms. The van der Waals surface area contributed by atoms with Crippen LogP contribution in [0.25, 0.3) is 0 Å². The number of hydrogen-bond donors (Lipinski definition) is 1. The third-order valence-corrected chi connectivity index (χ3v) is 6.03. The molecule has 0 fully saturated rings. The van der Waals surface area contributed by atoms with E-state index in [2.05, 4.69) is 5.16 Å². The second-order valence-corrected chi connectivity index (χ2v) is 8.29. The number of carboxylic acid groups (broad SMARTS) is 1. The van der Waals surface area contributed by atoms with Crippen LogP contribution in [0.3, 0.4) is 0 Å². The monoisotopic (exact) mass is 457 g/mol. The molecule has 1 N–H and O–H groups in total. The van der Waals surface area contributed by atoms with Crippen LogP contribution in [0.5, 0.6) is 0 Å². The molecule has 0 spiro atoms. The van der Waals surface area contributed by atoms with Crippen LogP contribution < -0.4 is 0 Å². The van der Waals surface area contributed by atoms with Crippen LogP contribution in [-0.4, -0.2) is 23.0 Å². The Morgan fingerprint density at radius 3 is 2.30 bits per heavy atom. The van der Waals surface area contributed by atoms with E-state index >= 15 is 0 Å². The number of alkyl halides is 3. The van der Waals surface area contributed by atoms with Gasteiger partial charge in [0.1, 0.15) is 0 Å². The van der Waals surface area contributed by atoms with Crippen molar-refractivity contribution in [3.63, 3.8) is 0 Å². The number of nitrogens with zero attached hydrogens (tertiary/aromatic N) is 1. The van der Waals surface area contributed by atoms with E-state index in [-0.39, 0.29) is 26.9 Å². The van der Waals surface area contributed by atoms with Crippen molar-refractivity contribution in [1.29, 1.82) is 0 Å². The van der Waals surface area contributed by atoms with Gasteiger partial charge in [0.15, 0.2) is 0 Å². The average Bonchev–Trinajstić information content (AvgIpc) is 3.13. The highest BCUT2D eigenvalue weighted by Crippen LogP contribution is 2.50. The molecular weight excluding hydrogens is 442 g/mol. The highest BCUT2D eigenvalue weighted by Gasteiger charge is 2.62. The van der Waals surface area contributed by atoms with E-state index < -0.39 is 24.2 Å². The maximum atomic E-state index is 14.2. The molecule has 1 heterocycles. The lowest BCUT2D eigenvalue weighted by atomic mass is 9.81. The first-order valence-corrected chi connectivity index (χ1v) is 10.0. The number of benzene rings is 2. The van der Waals surface area contributed by atoms with Gasteiger partial charge in [-0.25, -0.2) is 4.79 Å². The van der Waals surface area contributed by atoms with Crippen molar-refractivity contribution >= 4 is 34.9 Å². The first kappa shape index (κ1) is 21.0. The van der Waals surface area contributed by atoms with Gasteiger partial charge in [-0.2, -0.15) is 13.2 Å². The van der Waals surface area contributed by atoms with Crippen LogP contribution in [0.1, 0.15) is 51.9 Å². The van der Waals surface area contributed by atoms with Gasteiger partial charge in [-0.3, -0.25) is 0 Å². The second kappa shape index (κ2) is 7.46. The Balaban J connectivity index is 1.80. The van der Waals surface area contributed by atoms with Crippen molar-refractivity contribution in [3.05, 3.63) is 68.2 Å². The largest absolute Gasteiger partial charge is 0.478 e. The van der Waals surface area contributed by atoms with Crippen LogP contribution in [-0.2, 0) is 23.3 Å². The predicted molar refractivity (Wildman–Crippen MR) is 106 cm³/mol. The van der Waals surface area contributed by atoms with Crippen LogP contribution in [0, 0.1) is 0 Å². The van der Waals surface area contributed by atoms with Crippen LogP contribution in [0.15, 0.2) is 35.5 Å². The van der Waals surface area contributed by atoms with Crippen molar-refractivity contribution in [1.82, 2.24) is 0 Å². The van der Waals surface area contributed by atoms with Crippen molar-refractivity contribution in [2.24, 2.45) is 5.16 Å². The molecular formula is C21H16Cl2F3NO3. The number of carboxylic acids is 1. The molecule has 30 heavy (non-hydrogen) atoms. The third-order valence-electron chi connectivity index (χ3n) is 5.59. The third kappa shape index (κ3) is 3.44. The molecule has 2 aliphatic rings. The van der Waals surface area contributed by atoms with Crippen LogP contribution in [0.2, 0.25) is 10.0 Å². The molecule has 158 valence electrons. The van der Waals surface area contributed by atoms with Gasteiger partial charge in [0.2, 0.25) is 0 Å². The quantitative estimate of drug-likeness (QED) is 0.600. The molecule has 1 aliphatic carbocycles. The van der Waals surface area contributed by atoms with Gasteiger partial charge in [0.25, 0.3) is 5.60 Å². The summed E-state index contributed by atoms with van der Waals surface area (Å²) in [4.78, 5) is 16.6. The zero-order valence-electron chi connectivity index (χ0n) is 15.5. The molecule has 0 amide bonds. The molecule has 2 aromatic carbocycles. The minimum atomic E-state index is -4.78. The molecule has 4 rings (SSSR count). The minimum absolute atomic E-state index is 0.0568. The number of hydrogen-bond acceptors (Lipinski definition) is 3. The summed E-state index contributed by atoms with van der Waals surface area (Å²) in [5.74, 6) is -1.05. The number of fused-ring (bicyclic) bond motifs is 1. The number of aromatic carboxylic acids is 1.